The summed E-state index contributed by atoms with van der Waals surface area (Å²) in [6, 6.07) is 8.89. The molecule has 0 aliphatic carbocycles. The van der Waals surface area contributed by atoms with Gasteiger partial charge in [0.1, 0.15) is 11.6 Å². The molecule has 0 radical (unpaired) electrons. The molecular formula is C40H54F2N8O6. The van der Waals surface area contributed by atoms with Gasteiger partial charge in [0, 0.05) is 75.5 Å². The lowest BCUT2D eigenvalue weighted by Gasteiger charge is -2.43. The molecule has 304 valence electrons. The topological polar surface area (TPSA) is 141 Å². The summed E-state index contributed by atoms with van der Waals surface area (Å²) in [6.07, 6.45) is 4.61. The molecule has 16 heteroatoms. The summed E-state index contributed by atoms with van der Waals surface area (Å²) in [5.74, 6) is -0.676. The Balaban J connectivity index is 0.000000172. The molecular weight excluding hydrogens is 726 g/mol. The fourth-order valence-corrected chi connectivity index (χ4v) is 9.39. The first-order chi connectivity index (χ1) is 26.8. The van der Waals surface area contributed by atoms with E-state index in [2.05, 4.69) is 33.6 Å². The minimum atomic E-state index is -0.338. The van der Waals surface area contributed by atoms with Crippen molar-refractivity contribution < 1.29 is 27.8 Å². The van der Waals surface area contributed by atoms with E-state index in [-0.39, 0.29) is 58.4 Å². The van der Waals surface area contributed by atoms with Gasteiger partial charge in [-0.2, -0.15) is 0 Å². The fourth-order valence-electron chi connectivity index (χ4n) is 9.39. The summed E-state index contributed by atoms with van der Waals surface area (Å²) in [6.45, 7) is 14.9. The van der Waals surface area contributed by atoms with Gasteiger partial charge < -0.3 is 29.2 Å². The average molecular weight is 781 g/mol. The number of H-pyrrole nitrogens is 2. The number of aromatic nitrogens is 4. The number of carbonyl (C=O) groups is 2. The van der Waals surface area contributed by atoms with Crippen LogP contribution < -0.4 is 11.4 Å². The smallest absolute Gasteiger partial charge is 0.409 e. The van der Waals surface area contributed by atoms with Crippen LogP contribution in [0.2, 0.25) is 0 Å². The van der Waals surface area contributed by atoms with Gasteiger partial charge in [0.2, 0.25) is 0 Å². The maximum atomic E-state index is 13.7. The Kier molecular flexibility index (Phi) is 11.3. The molecule has 2 aromatic heterocycles. The van der Waals surface area contributed by atoms with E-state index >= 15 is 0 Å². The summed E-state index contributed by atoms with van der Waals surface area (Å²) in [4.78, 5) is 63.0. The van der Waals surface area contributed by atoms with Gasteiger partial charge in [0.15, 0.2) is 0 Å². The molecule has 4 saturated heterocycles. The Bertz CT molecular complexity index is 2010. The lowest BCUT2D eigenvalue weighted by Crippen LogP contribution is -2.52. The van der Waals surface area contributed by atoms with E-state index in [1.807, 2.05) is 13.8 Å². The highest BCUT2D eigenvalue weighted by molar-refractivity contribution is 5.76. The number of likely N-dealkylation sites (tertiary alicyclic amines) is 4. The number of halogens is 2. The number of aromatic amines is 2. The van der Waals surface area contributed by atoms with Gasteiger partial charge >= 0.3 is 23.6 Å². The van der Waals surface area contributed by atoms with Crippen LogP contribution in [0.5, 0.6) is 0 Å². The fraction of sp³-hybridized carbons (Fsp3) is 0.600. The van der Waals surface area contributed by atoms with Crippen molar-refractivity contribution in [1.29, 1.82) is 0 Å². The lowest BCUT2D eigenvalue weighted by atomic mass is 9.94. The number of hydrogen-bond acceptors (Lipinski definition) is 8. The molecule has 14 nitrogen and oxygen atoms in total. The Morgan fingerprint density at radius 3 is 1.39 bits per heavy atom. The van der Waals surface area contributed by atoms with Crippen molar-refractivity contribution in [2.45, 2.75) is 89.4 Å². The minimum Gasteiger partial charge on any atom is -0.450 e. The van der Waals surface area contributed by atoms with Crippen molar-refractivity contribution in [3.8, 4) is 0 Å². The lowest BCUT2D eigenvalue weighted by molar-refractivity contribution is 0.0640. The SMILES string of the molecule is CCOC(=O)N1CCC(C)(N2CCC(n3c(=O)[nH]c4ccc(F)cc43)CC2)C1.CCOC(=O)N1CCC(C)(N2CCC(n3c(=O)[nH]c4ccc(F)cc43)CC2)C1. The minimum absolute atomic E-state index is 0.0467. The average Bonchev–Trinajstić information content (AvgIpc) is 3.95. The van der Waals surface area contributed by atoms with E-state index < -0.39 is 0 Å². The van der Waals surface area contributed by atoms with Crippen LogP contribution in [0.15, 0.2) is 46.0 Å². The molecule has 0 bridgehead atoms. The first kappa shape index (κ1) is 39.5. The van der Waals surface area contributed by atoms with Gasteiger partial charge in [-0.05, 0) is 103 Å². The zero-order valence-electron chi connectivity index (χ0n) is 32.8. The predicted molar refractivity (Wildman–Crippen MR) is 208 cm³/mol. The Morgan fingerprint density at radius 1 is 0.661 bits per heavy atom. The van der Waals surface area contributed by atoms with Crippen LogP contribution in [0, 0.1) is 11.6 Å². The van der Waals surface area contributed by atoms with Crippen LogP contribution in [-0.2, 0) is 9.47 Å². The molecule has 8 rings (SSSR count). The molecule has 2 unspecified atom stereocenters. The first-order valence-corrected chi connectivity index (χ1v) is 20.0. The van der Waals surface area contributed by atoms with E-state index in [0.717, 1.165) is 64.7 Å². The second-order valence-electron chi connectivity index (χ2n) is 16.1. The standard InChI is InChI=1S/2C20H27FN4O3/c2*1-3-28-19(27)23-11-8-20(2,13-23)24-9-6-15(7-10-24)25-17-12-14(21)4-5-16(17)22-18(25)26/h2*4-5,12,15H,3,6-11,13H2,1-2H3,(H,22,26). The maximum absolute atomic E-state index is 13.7. The van der Waals surface area contributed by atoms with Crippen LogP contribution in [0.3, 0.4) is 0 Å². The Labute approximate surface area is 324 Å². The van der Waals surface area contributed by atoms with E-state index in [1.54, 1.807) is 31.1 Å². The number of hydrogen-bond donors (Lipinski definition) is 2. The quantitative estimate of drug-likeness (QED) is 0.263. The summed E-state index contributed by atoms with van der Waals surface area (Å²) >= 11 is 0. The number of piperidine rings is 2. The second-order valence-corrected chi connectivity index (χ2v) is 16.1. The van der Waals surface area contributed by atoms with Gasteiger partial charge in [-0.1, -0.05) is 0 Å². The predicted octanol–water partition coefficient (Wildman–Crippen LogP) is 5.45. The Morgan fingerprint density at radius 2 is 1.04 bits per heavy atom. The van der Waals surface area contributed by atoms with Crippen LogP contribution in [-0.4, -0.2) is 128 Å². The van der Waals surface area contributed by atoms with E-state index in [1.165, 1.54) is 24.3 Å². The van der Waals surface area contributed by atoms with Gasteiger partial charge in [-0.25, -0.2) is 28.0 Å². The number of amides is 2. The normalized spacial score (nSPS) is 24.2. The number of nitrogens with zero attached hydrogens (tertiary/aromatic N) is 6. The van der Waals surface area contributed by atoms with Crippen LogP contribution in [0.25, 0.3) is 22.1 Å². The van der Waals surface area contributed by atoms with Crippen molar-refractivity contribution in [3.63, 3.8) is 0 Å². The van der Waals surface area contributed by atoms with E-state index in [0.29, 0.717) is 61.5 Å². The molecule has 4 fully saturated rings. The summed E-state index contributed by atoms with van der Waals surface area (Å²) in [7, 11) is 0. The number of nitrogens with one attached hydrogen (secondary N) is 2. The van der Waals surface area contributed by atoms with Crippen LogP contribution in [0.4, 0.5) is 18.4 Å². The number of benzene rings is 2. The molecule has 0 saturated carbocycles. The molecule has 2 aromatic carbocycles. The zero-order chi connectivity index (χ0) is 39.8. The third-order valence-corrected chi connectivity index (χ3v) is 12.5. The summed E-state index contributed by atoms with van der Waals surface area (Å²) in [5, 5.41) is 0. The molecule has 4 aliphatic heterocycles. The molecule has 2 amide bonds. The molecule has 2 N–H and O–H groups in total. The molecule has 56 heavy (non-hydrogen) atoms. The highest BCUT2D eigenvalue weighted by atomic mass is 19.1. The largest absolute Gasteiger partial charge is 0.450 e. The number of carbonyl (C=O) groups excluding carboxylic acids is 2. The van der Waals surface area contributed by atoms with Gasteiger partial charge in [0.25, 0.3) is 0 Å². The van der Waals surface area contributed by atoms with Gasteiger partial charge in [0.05, 0.1) is 35.3 Å². The van der Waals surface area contributed by atoms with Gasteiger partial charge in [-0.15, -0.1) is 0 Å². The van der Waals surface area contributed by atoms with Crippen molar-refractivity contribution in [1.82, 2.24) is 38.7 Å². The molecule has 0 spiro atoms. The van der Waals surface area contributed by atoms with Gasteiger partial charge in [-0.3, -0.25) is 18.9 Å². The Hall–Kier alpha value is -4.70. The highest BCUT2D eigenvalue weighted by Gasteiger charge is 2.44. The summed E-state index contributed by atoms with van der Waals surface area (Å²) < 4.78 is 41.1. The molecule has 2 atom stereocenters. The van der Waals surface area contributed by atoms with Crippen LogP contribution >= 0.6 is 0 Å². The third kappa shape index (κ3) is 7.82. The van der Waals surface area contributed by atoms with Crippen molar-refractivity contribution >= 4 is 34.3 Å². The maximum Gasteiger partial charge on any atom is 0.409 e. The summed E-state index contributed by atoms with van der Waals surface area (Å²) in [5.41, 5.74) is 2.08. The third-order valence-electron chi connectivity index (χ3n) is 12.5. The van der Waals surface area contributed by atoms with E-state index in [4.69, 9.17) is 9.47 Å². The highest BCUT2D eigenvalue weighted by Crippen LogP contribution is 2.35. The molecule has 4 aromatic rings. The van der Waals surface area contributed by atoms with Crippen molar-refractivity contribution in [2.24, 2.45) is 0 Å². The van der Waals surface area contributed by atoms with Crippen molar-refractivity contribution in [3.05, 3.63) is 69.0 Å². The second kappa shape index (κ2) is 16.0. The van der Waals surface area contributed by atoms with E-state index in [9.17, 15) is 28.0 Å². The molecule has 4 aliphatic rings. The number of imidazole rings is 2. The van der Waals surface area contributed by atoms with Crippen molar-refractivity contribution in [2.75, 3.05) is 65.6 Å². The number of fused-ring (bicyclic) bond motifs is 2. The first-order valence-electron chi connectivity index (χ1n) is 20.0. The van der Waals surface area contributed by atoms with Crippen LogP contribution in [0.1, 0.15) is 78.3 Å². The number of ether oxygens (including phenoxy) is 2. The monoisotopic (exact) mass is 780 g/mol. The number of rotatable bonds is 6. The zero-order valence-corrected chi connectivity index (χ0v) is 32.8. The molecule has 6 heterocycles.